The highest BCUT2D eigenvalue weighted by Crippen LogP contribution is 2.22. The summed E-state index contributed by atoms with van der Waals surface area (Å²) in [6.07, 6.45) is 2.00. The second-order valence-electron chi connectivity index (χ2n) is 6.07. The fraction of sp³-hybridized carbons (Fsp3) is 0.467. The molecule has 3 rings (SSSR count). The number of benzene rings is 1. The molecule has 0 saturated carbocycles. The standard InChI is InChI=1S/C15H19N3O4S/c1-11-5-4-8-17(9-11)14(19)10-18-15(20)12-6-2-3-7-13(12)23(21,22)16-18/h2-3,6-7,11,16H,4-5,8-10H2,1H3. The van der Waals surface area contributed by atoms with Crippen LogP contribution in [0.2, 0.25) is 0 Å². The number of hydrazine groups is 1. The van der Waals surface area contributed by atoms with Gasteiger partial charge in [0.05, 0.1) is 10.5 Å². The topological polar surface area (TPSA) is 86.8 Å². The summed E-state index contributed by atoms with van der Waals surface area (Å²) in [6.45, 7) is 3.07. The van der Waals surface area contributed by atoms with E-state index in [-0.39, 0.29) is 22.9 Å². The molecule has 2 amide bonds. The van der Waals surface area contributed by atoms with Crippen molar-refractivity contribution in [2.24, 2.45) is 5.92 Å². The molecule has 1 aromatic carbocycles. The highest BCUT2D eigenvalue weighted by atomic mass is 32.2. The van der Waals surface area contributed by atoms with E-state index < -0.39 is 15.9 Å². The largest absolute Gasteiger partial charge is 0.341 e. The van der Waals surface area contributed by atoms with Crippen LogP contribution in [0.3, 0.4) is 0 Å². The molecule has 1 atom stereocenters. The number of carbonyl (C=O) groups excluding carboxylic acids is 2. The highest BCUT2D eigenvalue weighted by Gasteiger charge is 2.35. The molecule has 1 N–H and O–H groups in total. The number of hydrogen-bond acceptors (Lipinski definition) is 4. The van der Waals surface area contributed by atoms with Crippen LogP contribution in [0.1, 0.15) is 30.1 Å². The first kappa shape index (κ1) is 15.9. The molecule has 1 fully saturated rings. The number of piperidine rings is 1. The zero-order chi connectivity index (χ0) is 16.6. The zero-order valence-electron chi connectivity index (χ0n) is 12.9. The lowest BCUT2D eigenvalue weighted by Crippen LogP contribution is -2.55. The van der Waals surface area contributed by atoms with Crippen LogP contribution in [0.15, 0.2) is 29.2 Å². The van der Waals surface area contributed by atoms with E-state index in [9.17, 15) is 18.0 Å². The van der Waals surface area contributed by atoms with Crippen molar-refractivity contribution in [2.45, 2.75) is 24.7 Å². The summed E-state index contributed by atoms with van der Waals surface area (Å²) >= 11 is 0. The van der Waals surface area contributed by atoms with E-state index in [1.165, 1.54) is 12.1 Å². The maximum absolute atomic E-state index is 12.4. The molecule has 2 aliphatic heterocycles. The van der Waals surface area contributed by atoms with E-state index in [1.54, 1.807) is 17.0 Å². The Bertz CT molecular complexity index is 747. The van der Waals surface area contributed by atoms with Crippen LogP contribution in [0.4, 0.5) is 0 Å². The van der Waals surface area contributed by atoms with Gasteiger partial charge in [-0.05, 0) is 30.9 Å². The fourth-order valence-corrected chi connectivity index (χ4v) is 4.25. The van der Waals surface area contributed by atoms with Gasteiger partial charge in [-0.1, -0.05) is 19.1 Å². The first-order chi connectivity index (χ1) is 10.9. The molecule has 2 heterocycles. The van der Waals surface area contributed by atoms with E-state index >= 15 is 0 Å². The van der Waals surface area contributed by atoms with Crippen LogP contribution < -0.4 is 4.83 Å². The molecule has 2 aliphatic rings. The van der Waals surface area contributed by atoms with E-state index in [1.807, 2.05) is 0 Å². The predicted molar refractivity (Wildman–Crippen MR) is 82.8 cm³/mol. The molecule has 1 saturated heterocycles. The van der Waals surface area contributed by atoms with E-state index in [4.69, 9.17) is 0 Å². The first-order valence-electron chi connectivity index (χ1n) is 7.59. The van der Waals surface area contributed by atoms with Gasteiger partial charge in [0.25, 0.3) is 15.9 Å². The molecule has 8 heteroatoms. The van der Waals surface area contributed by atoms with Crippen LogP contribution in [0.5, 0.6) is 0 Å². The third-order valence-electron chi connectivity index (χ3n) is 4.19. The summed E-state index contributed by atoms with van der Waals surface area (Å²) in [7, 11) is -3.83. The number of hydrogen-bond donors (Lipinski definition) is 1. The number of rotatable bonds is 2. The smallest absolute Gasteiger partial charge is 0.270 e. The average molecular weight is 337 g/mol. The Kier molecular flexibility index (Phi) is 4.11. The Hall–Kier alpha value is -1.93. The van der Waals surface area contributed by atoms with Crippen molar-refractivity contribution >= 4 is 21.8 Å². The number of amides is 2. The number of nitrogens with one attached hydrogen (secondary N) is 1. The van der Waals surface area contributed by atoms with Crippen molar-refractivity contribution in [1.29, 1.82) is 0 Å². The maximum Gasteiger partial charge on any atom is 0.270 e. The Labute approximate surface area is 135 Å². The minimum atomic E-state index is -3.83. The van der Waals surface area contributed by atoms with Gasteiger partial charge in [0.15, 0.2) is 0 Å². The Morgan fingerprint density at radius 3 is 2.83 bits per heavy atom. The van der Waals surface area contributed by atoms with Gasteiger partial charge in [-0.3, -0.25) is 14.6 Å². The second-order valence-corrected chi connectivity index (χ2v) is 7.70. The van der Waals surface area contributed by atoms with Gasteiger partial charge >= 0.3 is 0 Å². The van der Waals surface area contributed by atoms with Gasteiger partial charge in [-0.25, -0.2) is 8.42 Å². The number of sulfonamides is 1. The average Bonchev–Trinajstić information content (AvgIpc) is 2.52. The molecule has 0 bridgehead atoms. The SMILES string of the molecule is CC1CCCN(C(=O)CN2NS(=O)(=O)c3ccccc3C2=O)C1. The molecule has 23 heavy (non-hydrogen) atoms. The predicted octanol–water partition coefficient (Wildman–Crippen LogP) is 0.594. The minimum absolute atomic E-state index is 0.0553. The van der Waals surface area contributed by atoms with Gasteiger partial charge in [-0.2, -0.15) is 0 Å². The summed E-state index contributed by atoms with van der Waals surface area (Å²) in [5.74, 6) is -0.331. The van der Waals surface area contributed by atoms with Gasteiger partial charge in [-0.15, -0.1) is 4.83 Å². The monoisotopic (exact) mass is 337 g/mol. The maximum atomic E-state index is 12.4. The van der Waals surface area contributed by atoms with E-state index in [0.717, 1.165) is 17.9 Å². The Morgan fingerprint density at radius 1 is 1.35 bits per heavy atom. The minimum Gasteiger partial charge on any atom is -0.341 e. The third kappa shape index (κ3) is 3.09. The number of carbonyl (C=O) groups is 2. The molecule has 0 spiro atoms. The van der Waals surface area contributed by atoms with E-state index in [2.05, 4.69) is 11.8 Å². The van der Waals surface area contributed by atoms with Crippen molar-refractivity contribution in [3.8, 4) is 0 Å². The van der Waals surface area contributed by atoms with E-state index in [0.29, 0.717) is 19.0 Å². The van der Waals surface area contributed by atoms with Gasteiger partial charge in [0.2, 0.25) is 5.91 Å². The van der Waals surface area contributed by atoms with Gasteiger partial charge < -0.3 is 4.90 Å². The molecular formula is C15H19N3O4S. The van der Waals surface area contributed by atoms with Crippen molar-refractivity contribution in [2.75, 3.05) is 19.6 Å². The van der Waals surface area contributed by atoms with Crippen molar-refractivity contribution in [1.82, 2.24) is 14.7 Å². The van der Waals surface area contributed by atoms with Crippen LogP contribution in [0, 0.1) is 5.92 Å². The van der Waals surface area contributed by atoms with Gasteiger partial charge in [0, 0.05) is 13.1 Å². The van der Waals surface area contributed by atoms with Crippen LogP contribution in [0.25, 0.3) is 0 Å². The second kappa shape index (κ2) is 5.93. The zero-order valence-corrected chi connectivity index (χ0v) is 13.7. The van der Waals surface area contributed by atoms with Crippen LogP contribution in [-0.2, 0) is 14.8 Å². The molecule has 1 aromatic rings. The van der Waals surface area contributed by atoms with Gasteiger partial charge in [0.1, 0.15) is 6.54 Å². The quantitative estimate of drug-likeness (QED) is 0.856. The third-order valence-corrected chi connectivity index (χ3v) is 5.58. The van der Waals surface area contributed by atoms with Crippen molar-refractivity contribution < 1.29 is 18.0 Å². The molecule has 0 radical (unpaired) electrons. The Morgan fingerprint density at radius 2 is 2.09 bits per heavy atom. The summed E-state index contributed by atoms with van der Waals surface area (Å²) in [6, 6.07) is 5.99. The Balaban J connectivity index is 1.79. The summed E-state index contributed by atoms with van der Waals surface area (Å²) < 4.78 is 24.4. The lowest BCUT2D eigenvalue weighted by atomic mass is 10.0. The van der Waals surface area contributed by atoms with Crippen molar-refractivity contribution in [3.63, 3.8) is 0 Å². The highest BCUT2D eigenvalue weighted by molar-refractivity contribution is 7.89. The molecule has 0 aromatic heterocycles. The normalized spacial score (nSPS) is 23.5. The molecular weight excluding hydrogens is 318 g/mol. The molecule has 7 nitrogen and oxygen atoms in total. The lowest BCUT2D eigenvalue weighted by molar-refractivity contribution is -0.133. The number of fused-ring (bicyclic) bond motifs is 1. The van der Waals surface area contributed by atoms with Crippen LogP contribution >= 0.6 is 0 Å². The van der Waals surface area contributed by atoms with Crippen LogP contribution in [-0.4, -0.2) is 49.8 Å². The molecule has 0 aliphatic carbocycles. The number of likely N-dealkylation sites (tertiary alicyclic amines) is 1. The summed E-state index contributed by atoms with van der Waals surface area (Å²) in [5, 5.41) is 0.888. The summed E-state index contributed by atoms with van der Waals surface area (Å²) in [5.41, 5.74) is 0.0889. The number of nitrogens with zero attached hydrogens (tertiary/aromatic N) is 2. The lowest BCUT2D eigenvalue weighted by Gasteiger charge is -2.34. The first-order valence-corrected chi connectivity index (χ1v) is 9.08. The van der Waals surface area contributed by atoms with Crippen molar-refractivity contribution in [3.05, 3.63) is 29.8 Å². The summed E-state index contributed by atoms with van der Waals surface area (Å²) in [4.78, 5) is 28.6. The molecule has 124 valence electrons. The molecule has 1 unspecified atom stereocenters. The fourth-order valence-electron chi connectivity index (χ4n) is 3.01.